The van der Waals surface area contributed by atoms with Crippen molar-refractivity contribution in [1.29, 1.82) is 0 Å². The molecule has 414 valence electrons. The minimum absolute atomic E-state index is 0.00939. The Morgan fingerprint density at radius 1 is 0.386 bits per heavy atom. The lowest BCUT2D eigenvalue weighted by Crippen LogP contribution is -2.45. The van der Waals surface area contributed by atoms with Gasteiger partial charge in [0.1, 0.15) is 0 Å². The lowest BCUT2D eigenvalue weighted by molar-refractivity contribution is -0.143. The number of amides is 1. The molecule has 0 saturated heterocycles. The van der Waals surface area contributed by atoms with Crippen LogP contribution in [0.1, 0.15) is 348 Å². The fourth-order valence-electron chi connectivity index (χ4n) is 9.87. The molecule has 6 nitrogen and oxygen atoms in total. The molecule has 0 aromatic carbocycles. The van der Waals surface area contributed by atoms with Crippen molar-refractivity contribution in [2.24, 2.45) is 0 Å². The molecule has 0 spiro atoms. The number of aliphatic hydroxyl groups excluding tert-OH is 2. The number of hydrogen-bond acceptors (Lipinski definition) is 5. The molecule has 0 saturated carbocycles. The summed E-state index contributed by atoms with van der Waals surface area (Å²) in [7, 11) is 0. The Bertz CT molecular complexity index is 1090. The van der Waals surface area contributed by atoms with Gasteiger partial charge in [-0.1, -0.05) is 282 Å². The number of aliphatic hydroxyl groups is 2. The molecule has 0 aliphatic carbocycles. The summed E-state index contributed by atoms with van der Waals surface area (Å²) in [5, 5.41) is 23.4. The van der Waals surface area contributed by atoms with Crippen molar-refractivity contribution in [1.82, 2.24) is 5.32 Å². The molecule has 0 aliphatic heterocycles. The predicted molar refractivity (Wildman–Crippen MR) is 306 cm³/mol. The maximum Gasteiger partial charge on any atom is 0.305 e. The van der Waals surface area contributed by atoms with Crippen LogP contribution < -0.4 is 5.32 Å². The van der Waals surface area contributed by atoms with Crippen LogP contribution in [0, 0.1) is 0 Å². The molecule has 2 atom stereocenters. The molecule has 0 aliphatic rings. The zero-order chi connectivity index (χ0) is 50.7. The van der Waals surface area contributed by atoms with Crippen molar-refractivity contribution in [3.63, 3.8) is 0 Å². The second-order valence-electron chi connectivity index (χ2n) is 21.7. The van der Waals surface area contributed by atoms with Gasteiger partial charge in [-0.2, -0.15) is 0 Å². The average molecular weight is 987 g/mol. The zero-order valence-corrected chi connectivity index (χ0v) is 47.3. The van der Waals surface area contributed by atoms with Crippen LogP contribution in [0.3, 0.4) is 0 Å². The van der Waals surface area contributed by atoms with E-state index in [0.717, 1.165) is 64.2 Å². The Morgan fingerprint density at radius 2 is 0.671 bits per heavy atom. The van der Waals surface area contributed by atoms with Crippen LogP contribution in [0.15, 0.2) is 24.3 Å². The molecule has 0 bridgehead atoms. The van der Waals surface area contributed by atoms with E-state index in [9.17, 15) is 19.8 Å². The minimum atomic E-state index is -0.676. The number of carbonyl (C=O) groups excluding carboxylic acids is 2. The highest BCUT2D eigenvalue weighted by Crippen LogP contribution is 2.18. The van der Waals surface area contributed by atoms with Gasteiger partial charge in [0.15, 0.2) is 0 Å². The Labute approximate surface area is 437 Å². The lowest BCUT2D eigenvalue weighted by atomic mass is 10.0. The lowest BCUT2D eigenvalue weighted by Gasteiger charge is -2.22. The first kappa shape index (κ1) is 68.3. The van der Waals surface area contributed by atoms with Gasteiger partial charge in [0.25, 0.3) is 0 Å². The number of ether oxygens (including phenoxy) is 1. The van der Waals surface area contributed by atoms with Crippen LogP contribution >= 0.6 is 0 Å². The van der Waals surface area contributed by atoms with Crippen molar-refractivity contribution in [2.75, 3.05) is 13.2 Å². The van der Waals surface area contributed by atoms with Gasteiger partial charge in [-0.15, -0.1) is 0 Å². The molecule has 3 N–H and O–H groups in total. The summed E-state index contributed by atoms with van der Waals surface area (Å²) in [4.78, 5) is 24.6. The quantitative estimate of drug-likeness (QED) is 0.0321. The van der Waals surface area contributed by atoms with Gasteiger partial charge in [-0.05, 0) is 77.0 Å². The van der Waals surface area contributed by atoms with Gasteiger partial charge in [0, 0.05) is 12.8 Å². The van der Waals surface area contributed by atoms with Crippen LogP contribution in [-0.4, -0.2) is 47.4 Å². The predicted octanol–water partition coefficient (Wildman–Crippen LogP) is 19.8. The number of carbonyl (C=O) groups is 2. The third kappa shape index (κ3) is 55.7. The summed E-state index contributed by atoms with van der Waals surface area (Å²) < 4.78 is 5.48. The van der Waals surface area contributed by atoms with E-state index in [4.69, 9.17) is 4.74 Å². The van der Waals surface area contributed by atoms with Crippen molar-refractivity contribution in [3.8, 4) is 0 Å². The van der Waals surface area contributed by atoms with Crippen LogP contribution in [0.25, 0.3) is 0 Å². The standard InChI is InChI=1S/C64H123NO5/c1-3-5-7-9-11-13-15-17-19-21-22-23-24-25-28-32-36-40-44-48-52-56-62(67)61(60-66)65-63(68)57-53-49-45-41-37-33-29-26-27-31-35-39-43-47-51-55-59-70-64(69)58-54-50-46-42-38-34-30-20-18-16-14-12-10-8-6-4-2/h20,26,29-30,61-62,66-67H,3-19,21-25,27-28,31-60H2,1-2H3,(H,65,68)/b29-26-,30-20-. The topological polar surface area (TPSA) is 95.9 Å². The second-order valence-corrected chi connectivity index (χ2v) is 21.7. The van der Waals surface area contributed by atoms with E-state index < -0.39 is 12.1 Å². The van der Waals surface area contributed by atoms with Crippen molar-refractivity contribution in [2.45, 2.75) is 360 Å². The molecule has 70 heavy (non-hydrogen) atoms. The highest BCUT2D eigenvalue weighted by Gasteiger charge is 2.20. The minimum Gasteiger partial charge on any atom is -0.466 e. The normalized spacial score (nSPS) is 12.7. The smallest absolute Gasteiger partial charge is 0.305 e. The number of rotatable bonds is 59. The molecule has 2 unspecified atom stereocenters. The number of unbranched alkanes of at least 4 members (excludes halogenated alkanes) is 44. The summed E-state index contributed by atoms with van der Waals surface area (Å²) in [5.74, 6) is -0.0584. The first-order valence-corrected chi connectivity index (χ1v) is 31.6. The number of nitrogens with one attached hydrogen (secondary N) is 1. The molecule has 0 rings (SSSR count). The van der Waals surface area contributed by atoms with Gasteiger partial charge in [0.05, 0.1) is 25.4 Å². The summed E-state index contributed by atoms with van der Waals surface area (Å²) in [6, 6.07) is -0.555. The molecule has 0 heterocycles. The SMILES string of the molecule is CCCCCCCCC/C=C\CCCCCCCC(=O)OCCCCCCCCC/C=C\CCCCCCCC(=O)NC(CO)C(O)CCCCCCCCCCCCCCCCCCCCCCC. The summed E-state index contributed by atoms with van der Waals surface area (Å²) in [6.45, 7) is 4.95. The van der Waals surface area contributed by atoms with Crippen LogP contribution in [0.4, 0.5) is 0 Å². The fourth-order valence-corrected chi connectivity index (χ4v) is 9.87. The van der Waals surface area contributed by atoms with Gasteiger partial charge in [-0.25, -0.2) is 0 Å². The molecule has 1 amide bonds. The number of allylic oxidation sites excluding steroid dienone is 4. The number of hydrogen-bond donors (Lipinski definition) is 3. The average Bonchev–Trinajstić information content (AvgIpc) is 3.36. The molecule has 0 aromatic heterocycles. The van der Waals surface area contributed by atoms with Gasteiger partial charge in [0.2, 0.25) is 5.91 Å². The van der Waals surface area contributed by atoms with E-state index in [-0.39, 0.29) is 18.5 Å². The van der Waals surface area contributed by atoms with E-state index in [1.807, 2.05) is 0 Å². The van der Waals surface area contributed by atoms with Crippen LogP contribution in [0.2, 0.25) is 0 Å². The van der Waals surface area contributed by atoms with Gasteiger partial charge < -0.3 is 20.3 Å². The highest BCUT2D eigenvalue weighted by molar-refractivity contribution is 5.76. The third-order valence-corrected chi connectivity index (χ3v) is 14.7. The maximum absolute atomic E-state index is 12.5. The molecule has 0 radical (unpaired) electrons. The Balaban J connectivity index is 3.46. The molecular formula is C64H123NO5. The van der Waals surface area contributed by atoms with E-state index in [1.54, 1.807) is 0 Å². The van der Waals surface area contributed by atoms with E-state index in [0.29, 0.717) is 25.9 Å². The van der Waals surface area contributed by atoms with Crippen molar-refractivity contribution in [3.05, 3.63) is 24.3 Å². The summed E-state index contributed by atoms with van der Waals surface area (Å²) in [5.41, 5.74) is 0. The number of esters is 1. The van der Waals surface area contributed by atoms with E-state index in [1.165, 1.54) is 250 Å². The first-order chi connectivity index (χ1) is 34.5. The summed E-state index contributed by atoms with van der Waals surface area (Å²) in [6.07, 6.45) is 73.2. The Kier molecular flexibility index (Phi) is 58.5. The van der Waals surface area contributed by atoms with Crippen molar-refractivity contribution >= 4 is 11.9 Å². The molecule has 0 aromatic rings. The molecular weight excluding hydrogens is 863 g/mol. The van der Waals surface area contributed by atoms with Crippen LogP contribution in [-0.2, 0) is 14.3 Å². The first-order valence-electron chi connectivity index (χ1n) is 31.6. The largest absolute Gasteiger partial charge is 0.466 e. The third-order valence-electron chi connectivity index (χ3n) is 14.7. The van der Waals surface area contributed by atoms with Crippen molar-refractivity contribution < 1.29 is 24.5 Å². The maximum atomic E-state index is 12.5. The summed E-state index contributed by atoms with van der Waals surface area (Å²) >= 11 is 0. The van der Waals surface area contributed by atoms with E-state index >= 15 is 0 Å². The monoisotopic (exact) mass is 986 g/mol. The zero-order valence-electron chi connectivity index (χ0n) is 47.3. The van der Waals surface area contributed by atoms with Gasteiger partial charge in [-0.3, -0.25) is 9.59 Å². The molecule has 0 fully saturated rings. The Hall–Kier alpha value is -1.66. The second kappa shape index (κ2) is 59.9. The van der Waals surface area contributed by atoms with Gasteiger partial charge >= 0.3 is 5.97 Å². The van der Waals surface area contributed by atoms with E-state index in [2.05, 4.69) is 43.5 Å². The van der Waals surface area contributed by atoms with Crippen LogP contribution in [0.5, 0.6) is 0 Å². The Morgan fingerprint density at radius 3 is 1.01 bits per heavy atom. The highest BCUT2D eigenvalue weighted by atomic mass is 16.5. The molecule has 6 heteroatoms. The fraction of sp³-hybridized carbons (Fsp3) is 0.906.